The van der Waals surface area contributed by atoms with Gasteiger partial charge in [-0.25, -0.2) is 0 Å². The van der Waals surface area contributed by atoms with Crippen LogP contribution in [0.3, 0.4) is 0 Å². The molecule has 0 saturated carbocycles. The summed E-state index contributed by atoms with van der Waals surface area (Å²) >= 11 is 0. The van der Waals surface area contributed by atoms with Gasteiger partial charge in [-0.05, 0) is 43.4 Å². The van der Waals surface area contributed by atoms with Crippen LogP contribution in [-0.4, -0.2) is 19.2 Å². The lowest BCUT2D eigenvalue weighted by Gasteiger charge is -2.13. The Morgan fingerprint density at radius 1 is 1.00 bits per heavy atom. The minimum atomic E-state index is 0.520. The van der Waals surface area contributed by atoms with E-state index in [0.717, 1.165) is 25.3 Å². The third-order valence-electron chi connectivity index (χ3n) is 3.17. The first kappa shape index (κ1) is 16.0. The number of benzene rings is 1. The monoisotopic (exact) mass is 263 g/mol. The lowest BCUT2D eigenvalue weighted by atomic mass is 10.0. The van der Waals surface area contributed by atoms with Crippen molar-refractivity contribution in [2.24, 2.45) is 0 Å². The molecule has 1 N–H and O–H groups in total. The molecule has 0 bridgehead atoms. The molecule has 0 aliphatic carbocycles. The Bertz CT molecular complexity index is 347. The smallest absolute Gasteiger partial charge is 0.122 e. The van der Waals surface area contributed by atoms with E-state index in [0.29, 0.717) is 12.0 Å². The molecule has 0 fully saturated rings. The van der Waals surface area contributed by atoms with Crippen molar-refractivity contribution < 1.29 is 4.74 Å². The Morgan fingerprint density at radius 2 is 1.74 bits per heavy atom. The molecule has 2 nitrogen and oxygen atoms in total. The first-order valence-corrected chi connectivity index (χ1v) is 7.56. The van der Waals surface area contributed by atoms with Crippen LogP contribution in [-0.2, 0) is 0 Å². The minimum Gasteiger partial charge on any atom is -0.493 e. The average Bonchev–Trinajstić information content (AvgIpc) is 2.37. The van der Waals surface area contributed by atoms with Crippen LogP contribution in [0.25, 0.3) is 0 Å². The van der Waals surface area contributed by atoms with Gasteiger partial charge in [0.05, 0.1) is 6.61 Å². The topological polar surface area (TPSA) is 21.3 Å². The van der Waals surface area contributed by atoms with Crippen molar-refractivity contribution >= 4 is 0 Å². The van der Waals surface area contributed by atoms with Crippen LogP contribution in [0.2, 0.25) is 0 Å². The van der Waals surface area contributed by atoms with Crippen LogP contribution in [0.5, 0.6) is 5.75 Å². The van der Waals surface area contributed by atoms with Gasteiger partial charge in [-0.3, -0.25) is 0 Å². The molecule has 0 unspecified atom stereocenters. The Hall–Kier alpha value is -1.02. The van der Waals surface area contributed by atoms with Crippen molar-refractivity contribution in [1.29, 1.82) is 0 Å². The number of nitrogens with one attached hydrogen (secondary N) is 1. The lowest BCUT2D eigenvalue weighted by molar-refractivity contribution is 0.300. The molecule has 0 aliphatic rings. The molecular formula is C17H29NO. The van der Waals surface area contributed by atoms with E-state index in [-0.39, 0.29) is 0 Å². The highest BCUT2D eigenvalue weighted by molar-refractivity contribution is 5.35. The largest absolute Gasteiger partial charge is 0.493 e. The molecule has 0 radical (unpaired) electrons. The van der Waals surface area contributed by atoms with Gasteiger partial charge in [0.25, 0.3) is 0 Å². The molecule has 0 atom stereocenters. The summed E-state index contributed by atoms with van der Waals surface area (Å²) in [4.78, 5) is 0. The number of hydrogen-bond donors (Lipinski definition) is 1. The zero-order valence-corrected chi connectivity index (χ0v) is 12.9. The molecule has 1 rings (SSSR count). The Kier molecular flexibility index (Phi) is 7.57. The second-order valence-electron chi connectivity index (χ2n) is 5.71. The Morgan fingerprint density at radius 3 is 2.42 bits per heavy atom. The molecule has 1 aromatic rings. The summed E-state index contributed by atoms with van der Waals surface area (Å²) < 4.78 is 5.91. The van der Waals surface area contributed by atoms with E-state index in [1.165, 1.54) is 18.4 Å². The average molecular weight is 263 g/mol. The fourth-order valence-corrected chi connectivity index (χ4v) is 2.07. The molecule has 2 heteroatoms. The van der Waals surface area contributed by atoms with E-state index in [2.05, 4.69) is 51.2 Å². The summed E-state index contributed by atoms with van der Waals surface area (Å²) in [6.07, 6.45) is 3.59. The van der Waals surface area contributed by atoms with E-state index < -0.39 is 0 Å². The standard InChI is InChI=1S/C17H29NO/c1-14(2)16-10-6-7-11-17(16)19-13-9-5-8-12-18-15(3)4/h6-7,10-11,14-15,18H,5,8-9,12-13H2,1-4H3. The summed E-state index contributed by atoms with van der Waals surface area (Å²) in [5, 5.41) is 3.44. The SMILES string of the molecule is CC(C)NCCCCCOc1ccccc1C(C)C. The molecule has 19 heavy (non-hydrogen) atoms. The van der Waals surface area contributed by atoms with Gasteiger partial charge >= 0.3 is 0 Å². The van der Waals surface area contributed by atoms with Crippen molar-refractivity contribution in [2.45, 2.75) is 58.9 Å². The van der Waals surface area contributed by atoms with Gasteiger partial charge < -0.3 is 10.1 Å². The zero-order valence-electron chi connectivity index (χ0n) is 12.9. The number of rotatable bonds is 9. The maximum atomic E-state index is 5.91. The number of para-hydroxylation sites is 1. The number of unbranched alkanes of at least 4 members (excludes halogenated alkanes) is 2. The van der Waals surface area contributed by atoms with Gasteiger partial charge in [0.2, 0.25) is 0 Å². The summed E-state index contributed by atoms with van der Waals surface area (Å²) in [6, 6.07) is 8.96. The van der Waals surface area contributed by atoms with Gasteiger partial charge in [0.1, 0.15) is 5.75 Å². The third kappa shape index (κ3) is 6.63. The van der Waals surface area contributed by atoms with E-state index >= 15 is 0 Å². The van der Waals surface area contributed by atoms with Gasteiger partial charge in [0.15, 0.2) is 0 Å². The summed E-state index contributed by atoms with van der Waals surface area (Å²) in [5.74, 6) is 1.57. The van der Waals surface area contributed by atoms with Gasteiger partial charge in [-0.1, -0.05) is 45.9 Å². The highest BCUT2D eigenvalue weighted by atomic mass is 16.5. The van der Waals surface area contributed by atoms with Gasteiger partial charge in [0, 0.05) is 6.04 Å². The predicted molar refractivity (Wildman–Crippen MR) is 83.0 cm³/mol. The van der Waals surface area contributed by atoms with Crippen molar-refractivity contribution in [1.82, 2.24) is 5.32 Å². The van der Waals surface area contributed by atoms with Crippen LogP contribution < -0.4 is 10.1 Å². The Labute approximate surface area is 118 Å². The fourth-order valence-electron chi connectivity index (χ4n) is 2.07. The molecule has 0 aromatic heterocycles. The first-order chi connectivity index (χ1) is 9.11. The molecule has 1 aromatic carbocycles. The van der Waals surface area contributed by atoms with Crippen LogP contribution in [0.15, 0.2) is 24.3 Å². The molecule has 0 heterocycles. The second-order valence-corrected chi connectivity index (χ2v) is 5.71. The fraction of sp³-hybridized carbons (Fsp3) is 0.647. The zero-order chi connectivity index (χ0) is 14.1. The van der Waals surface area contributed by atoms with E-state index in [1.807, 2.05) is 6.07 Å². The van der Waals surface area contributed by atoms with E-state index in [4.69, 9.17) is 4.74 Å². The predicted octanol–water partition coefficient (Wildman–Crippen LogP) is 4.36. The first-order valence-electron chi connectivity index (χ1n) is 7.56. The summed E-state index contributed by atoms with van der Waals surface area (Å²) in [5.41, 5.74) is 1.31. The normalized spacial score (nSPS) is 11.3. The quantitative estimate of drug-likeness (QED) is 0.668. The number of hydrogen-bond acceptors (Lipinski definition) is 2. The maximum Gasteiger partial charge on any atom is 0.122 e. The number of ether oxygens (including phenoxy) is 1. The van der Waals surface area contributed by atoms with Crippen molar-refractivity contribution in [2.75, 3.05) is 13.2 Å². The van der Waals surface area contributed by atoms with E-state index in [9.17, 15) is 0 Å². The van der Waals surface area contributed by atoms with Crippen LogP contribution >= 0.6 is 0 Å². The highest BCUT2D eigenvalue weighted by Gasteiger charge is 2.06. The molecule has 0 saturated heterocycles. The molecule has 0 amide bonds. The molecule has 108 valence electrons. The van der Waals surface area contributed by atoms with Crippen LogP contribution in [0.4, 0.5) is 0 Å². The molecule has 0 aliphatic heterocycles. The maximum absolute atomic E-state index is 5.91. The van der Waals surface area contributed by atoms with Gasteiger partial charge in [-0.15, -0.1) is 0 Å². The highest BCUT2D eigenvalue weighted by Crippen LogP contribution is 2.25. The van der Waals surface area contributed by atoms with Crippen LogP contribution in [0, 0.1) is 0 Å². The molecular weight excluding hydrogens is 234 g/mol. The summed E-state index contributed by atoms with van der Waals surface area (Å²) in [6.45, 7) is 10.7. The van der Waals surface area contributed by atoms with E-state index in [1.54, 1.807) is 0 Å². The Balaban J connectivity index is 2.19. The third-order valence-corrected chi connectivity index (χ3v) is 3.17. The van der Waals surface area contributed by atoms with Crippen molar-refractivity contribution in [3.8, 4) is 5.75 Å². The second kappa shape index (κ2) is 8.98. The minimum absolute atomic E-state index is 0.520. The van der Waals surface area contributed by atoms with Crippen molar-refractivity contribution in [3.63, 3.8) is 0 Å². The van der Waals surface area contributed by atoms with Gasteiger partial charge in [-0.2, -0.15) is 0 Å². The summed E-state index contributed by atoms with van der Waals surface area (Å²) in [7, 11) is 0. The van der Waals surface area contributed by atoms with Crippen LogP contribution in [0.1, 0.15) is 58.4 Å². The van der Waals surface area contributed by atoms with Crippen molar-refractivity contribution in [3.05, 3.63) is 29.8 Å². The lowest BCUT2D eigenvalue weighted by Crippen LogP contribution is -2.23. The molecule has 0 spiro atoms.